The summed E-state index contributed by atoms with van der Waals surface area (Å²) in [6.07, 6.45) is 1.07. The van der Waals surface area contributed by atoms with Crippen LogP contribution in [0.4, 0.5) is 5.69 Å². The summed E-state index contributed by atoms with van der Waals surface area (Å²) in [6, 6.07) is 14.5. The molecule has 1 aliphatic rings. The minimum Gasteiger partial charge on any atom is -0.323 e. The van der Waals surface area contributed by atoms with E-state index in [0.29, 0.717) is 11.6 Å². The maximum atomic E-state index is 12.5. The fourth-order valence-electron chi connectivity index (χ4n) is 3.64. The van der Waals surface area contributed by atoms with Gasteiger partial charge in [0.1, 0.15) is 0 Å². The molecule has 27 heavy (non-hydrogen) atoms. The van der Waals surface area contributed by atoms with Crippen molar-refractivity contribution in [2.24, 2.45) is 0 Å². The van der Waals surface area contributed by atoms with Gasteiger partial charge >= 0.3 is 0 Å². The average Bonchev–Trinajstić information content (AvgIpc) is 2.84. The van der Waals surface area contributed by atoms with E-state index in [-0.39, 0.29) is 5.91 Å². The Hall–Kier alpha value is -1.88. The molecule has 5 heteroatoms. The number of nitrogens with zero attached hydrogens (tertiary/aromatic N) is 2. The van der Waals surface area contributed by atoms with E-state index in [0.717, 1.165) is 56.0 Å². The van der Waals surface area contributed by atoms with Crippen molar-refractivity contribution in [3.05, 3.63) is 64.2 Å². The molecule has 0 atom stereocenters. The van der Waals surface area contributed by atoms with Crippen LogP contribution in [-0.2, 0) is 11.3 Å². The minimum absolute atomic E-state index is 0.000336. The largest absolute Gasteiger partial charge is 0.323 e. The van der Waals surface area contributed by atoms with Gasteiger partial charge < -0.3 is 5.32 Å². The molecule has 0 aliphatic carbocycles. The summed E-state index contributed by atoms with van der Waals surface area (Å²) < 4.78 is 0. The first-order valence-electron chi connectivity index (χ1n) is 9.56. The molecular weight excluding hydrogens is 358 g/mol. The molecule has 1 aliphatic heterocycles. The Morgan fingerprint density at radius 1 is 1.04 bits per heavy atom. The first-order chi connectivity index (χ1) is 13.0. The van der Waals surface area contributed by atoms with Gasteiger partial charge in [0, 0.05) is 19.6 Å². The van der Waals surface area contributed by atoms with Crippen molar-refractivity contribution < 1.29 is 4.79 Å². The molecule has 0 saturated carbocycles. The highest BCUT2D eigenvalue weighted by Gasteiger charge is 2.18. The SMILES string of the molecule is Cc1cc(C)c(NC(=O)CN2CCCN(Cc3ccccc3)CC2)c(Cl)c1. The van der Waals surface area contributed by atoms with Gasteiger partial charge in [-0.05, 0) is 56.1 Å². The van der Waals surface area contributed by atoms with Gasteiger partial charge in [-0.2, -0.15) is 0 Å². The van der Waals surface area contributed by atoms with E-state index in [9.17, 15) is 4.79 Å². The van der Waals surface area contributed by atoms with Gasteiger partial charge in [-0.25, -0.2) is 0 Å². The fourth-order valence-corrected chi connectivity index (χ4v) is 4.01. The standard InChI is InChI=1S/C22H28ClN3O/c1-17-13-18(2)22(20(23)14-17)24-21(27)16-26-10-6-9-25(11-12-26)15-19-7-4-3-5-8-19/h3-5,7-8,13-14H,6,9-12,15-16H2,1-2H3,(H,24,27). The summed E-state index contributed by atoms with van der Waals surface area (Å²) in [5.74, 6) is 0.000336. The molecule has 0 aromatic heterocycles. The third kappa shape index (κ3) is 5.80. The van der Waals surface area contributed by atoms with Crippen molar-refractivity contribution in [2.75, 3.05) is 38.0 Å². The third-order valence-corrected chi connectivity index (χ3v) is 5.29. The number of halogens is 1. The fraction of sp³-hybridized carbons (Fsp3) is 0.409. The molecule has 2 aromatic rings. The monoisotopic (exact) mass is 385 g/mol. The van der Waals surface area contributed by atoms with Crippen LogP contribution in [0.5, 0.6) is 0 Å². The van der Waals surface area contributed by atoms with E-state index in [1.165, 1.54) is 5.56 Å². The molecule has 4 nitrogen and oxygen atoms in total. The lowest BCUT2D eigenvalue weighted by atomic mass is 10.1. The molecule has 0 spiro atoms. The number of rotatable bonds is 5. The molecule has 2 aromatic carbocycles. The Kier molecular flexibility index (Phi) is 6.89. The first kappa shape index (κ1) is 19.9. The number of nitrogens with one attached hydrogen (secondary N) is 1. The number of aryl methyl sites for hydroxylation is 2. The zero-order valence-corrected chi connectivity index (χ0v) is 16.9. The van der Waals surface area contributed by atoms with Crippen LogP contribution < -0.4 is 5.32 Å². The number of hydrogen-bond acceptors (Lipinski definition) is 3. The van der Waals surface area contributed by atoms with Crippen LogP contribution >= 0.6 is 11.6 Å². The molecular formula is C22H28ClN3O. The zero-order chi connectivity index (χ0) is 19.2. The lowest BCUT2D eigenvalue weighted by molar-refractivity contribution is -0.117. The minimum atomic E-state index is 0.000336. The summed E-state index contributed by atoms with van der Waals surface area (Å²) in [7, 11) is 0. The van der Waals surface area contributed by atoms with E-state index in [1.54, 1.807) is 0 Å². The molecule has 0 bridgehead atoms. The summed E-state index contributed by atoms with van der Waals surface area (Å²) in [6.45, 7) is 9.25. The molecule has 1 amide bonds. The second-order valence-corrected chi connectivity index (χ2v) is 7.79. The summed E-state index contributed by atoms with van der Waals surface area (Å²) in [4.78, 5) is 17.2. The van der Waals surface area contributed by atoms with Gasteiger partial charge in [-0.3, -0.25) is 14.6 Å². The predicted molar refractivity (Wildman–Crippen MR) is 112 cm³/mol. The Balaban J connectivity index is 1.52. The molecule has 144 valence electrons. The van der Waals surface area contributed by atoms with Crippen LogP contribution in [0, 0.1) is 13.8 Å². The van der Waals surface area contributed by atoms with Gasteiger partial charge in [-0.15, -0.1) is 0 Å². The van der Waals surface area contributed by atoms with Gasteiger partial charge in [0.2, 0.25) is 5.91 Å². The summed E-state index contributed by atoms with van der Waals surface area (Å²) in [5, 5.41) is 3.60. The van der Waals surface area contributed by atoms with Gasteiger partial charge in [0.25, 0.3) is 0 Å². The van der Waals surface area contributed by atoms with E-state index in [1.807, 2.05) is 32.0 Å². The third-order valence-electron chi connectivity index (χ3n) is 4.99. The molecule has 1 saturated heterocycles. The number of amides is 1. The number of benzene rings is 2. The first-order valence-corrected chi connectivity index (χ1v) is 9.94. The van der Waals surface area contributed by atoms with Crippen LogP contribution in [0.1, 0.15) is 23.1 Å². The van der Waals surface area contributed by atoms with E-state index >= 15 is 0 Å². The number of carbonyl (C=O) groups is 1. The highest BCUT2D eigenvalue weighted by molar-refractivity contribution is 6.34. The predicted octanol–water partition coefficient (Wildman–Crippen LogP) is 4.10. The number of carbonyl (C=O) groups excluding carboxylic acids is 1. The Morgan fingerprint density at radius 3 is 2.48 bits per heavy atom. The second-order valence-electron chi connectivity index (χ2n) is 7.38. The van der Waals surface area contributed by atoms with Crippen molar-refractivity contribution in [1.29, 1.82) is 0 Å². The number of hydrogen-bond donors (Lipinski definition) is 1. The molecule has 1 heterocycles. The van der Waals surface area contributed by atoms with Gasteiger partial charge in [0.05, 0.1) is 17.3 Å². The van der Waals surface area contributed by atoms with Crippen LogP contribution in [0.25, 0.3) is 0 Å². The van der Waals surface area contributed by atoms with Gasteiger partial charge in [-0.1, -0.05) is 48.0 Å². The zero-order valence-electron chi connectivity index (χ0n) is 16.2. The van der Waals surface area contributed by atoms with Gasteiger partial charge in [0.15, 0.2) is 0 Å². The molecule has 3 rings (SSSR count). The second kappa shape index (κ2) is 9.36. The Labute approximate surface area is 167 Å². The van der Waals surface area contributed by atoms with E-state index in [2.05, 4.69) is 39.4 Å². The summed E-state index contributed by atoms with van der Waals surface area (Å²) >= 11 is 6.31. The topological polar surface area (TPSA) is 35.6 Å². The highest BCUT2D eigenvalue weighted by Crippen LogP contribution is 2.27. The van der Waals surface area contributed by atoms with Crippen LogP contribution in [0.15, 0.2) is 42.5 Å². The quantitative estimate of drug-likeness (QED) is 0.841. The molecule has 0 radical (unpaired) electrons. The van der Waals surface area contributed by atoms with Crippen LogP contribution in [0.2, 0.25) is 5.02 Å². The smallest absolute Gasteiger partial charge is 0.238 e. The van der Waals surface area contributed by atoms with Crippen molar-refractivity contribution in [3.8, 4) is 0 Å². The van der Waals surface area contributed by atoms with E-state index in [4.69, 9.17) is 11.6 Å². The van der Waals surface area contributed by atoms with Crippen molar-refractivity contribution in [2.45, 2.75) is 26.8 Å². The lowest BCUT2D eigenvalue weighted by Crippen LogP contribution is -2.36. The van der Waals surface area contributed by atoms with Crippen LogP contribution in [0.3, 0.4) is 0 Å². The number of anilines is 1. The van der Waals surface area contributed by atoms with Crippen molar-refractivity contribution in [1.82, 2.24) is 9.80 Å². The van der Waals surface area contributed by atoms with Crippen LogP contribution in [-0.4, -0.2) is 48.4 Å². The highest BCUT2D eigenvalue weighted by atomic mass is 35.5. The Morgan fingerprint density at radius 2 is 1.74 bits per heavy atom. The summed E-state index contributed by atoms with van der Waals surface area (Å²) in [5.41, 5.74) is 4.17. The lowest BCUT2D eigenvalue weighted by Gasteiger charge is -2.22. The molecule has 1 N–H and O–H groups in total. The molecule has 1 fully saturated rings. The Bertz CT molecular complexity index is 755. The average molecular weight is 386 g/mol. The van der Waals surface area contributed by atoms with Crippen molar-refractivity contribution >= 4 is 23.2 Å². The molecule has 0 unspecified atom stereocenters. The van der Waals surface area contributed by atoms with E-state index < -0.39 is 0 Å². The maximum absolute atomic E-state index is 12.5. The normalized spacial score (nSPS) is 16.1. The maximum Gasteiger partial charge on any atom is 0.238 e. The van der Waals surface area contributed by atoms with Crippen molar-refractivity contribution in [3.63, 3.8) is 0 Å².